The third kappa shape index (κ3) is 4.26. The fourth-order valence-corrected chi connectivity index (χ4v) is 3.42. The van der Waals surface area contributed by atoms with E-state index in [1.165, 1.54) is 0 Å². The number of anilines is 1. The van der Waals surface area contributed by atoms with Gasteiger partial charge in [0.05, 0.1) is 11.8 Å². The molecular weight excluding hydrogens is 360 g/mol. The molecule has 1 fully saturated rings. The minimum atomic E-state index is -0.231. The van der Waals surface area contributed by atoms with E-state index in [4.69, 9.17) is 21.6 Å². The van der Waals surface area contributed by atoms with Gasteiger partial charge in [0, 0.05) is 47.7 Å². The average molecular weight is 381 g/mol. The molecule has 1 atom stereocenters. The zero-order chi connectivity index (χ0) is 18.6. The molecule has 5 nitrogen and oxygen atoms in total. The van der Waals surface area contributed by atoms with E-state index in [1.807, 2.05) is 42.5 Å². The topological polar surface area (TPSA) is 62.1 Å². The Hall–Kier alpha value is -2.50. The van der Waals surface area contributed by atoms with Crippen LogP contribution in [0, 0.1) is 0 Å². The smallest absolute Gasteiger partial charge is 0.163 e. The van der Waals surface area contributed by atoms with Gasteiger partial charge in [-0.1, -0.05) is 23.7 Å². The molecule has 1 aromatic carbocycles. The predicted octanol–water partition coefficient (Wildman–Crippen LogP) is 4.21. The molecule has 0 aliphatic carbocycles. The van der Waals surface area contributed by atoms with Gasteiger partial charge in [-0.05, 0) is 43.5 Å². The molecule has 0 bridgehead atoms. The van der Waals surface area contributed by atoms with Crippen LogP contribution in [0.4, 0.5) is 5.82 Å². The molecule has 3 heterocycles. The molecule has 2 aromatic heterocycles. The van der Waals surface area contributed by atoms with Crippen LogP contribution in [0.5, 0.6) is 0 Å². The maximum Gasteiger partial charge on any atom is 0.163 e. The Balaban J connectivity index is 1.78. The first-order valence-corrected chi connectivity index (χ1v) is 9.55. The second-order valence-electron chi connectivity index (χ2n) is 6.76. The van der Waals surface area contributed by atoms with Crippen LogP contribution in [0.15, 0.2) is 54.9 Å². The van der Waals surface area contributed by atoms with Crippen LogP contribution in [0.2, 0.25) is 5.02 Å². The lowest BCUT2D eigenvalue weighted by Crippen LogP contribution is -2.26. The van der Waals surface area contributed by atoms with E-state index in [2.05, 4.69) is 9.88 Å². The van der Waals surface area contributed by atoms with E-state index < -0.39 is 0 Å². The van der Waals surface area contributed by atoms with Gasteiger partial charge in [0.15, 0.2) is 5.82 Å². The standard InChI is InChI=1S/C21H21ClN4O/c22-17-7-5-15(6-8-17)19-13-20(26-11-2-4-18(27)9-12-26)25-21(24-19)16-3-1-10-23-14-16/h1,3,5-8,10,13-14,18,27H,2,4,9,11-12H2. The van der Waals surface area contributed by atoms with Gasteiger partial charge in [-0.25, -0.2) is 9.97 Å². The van der Waals surface area contributed by atoms with Gasteiger partial charge in [0.1, 0.15) is 5.82 Å². The molecule has 1 aliphatic heterocycles. The van der Waals surface area contributed by atoms with Crippen molar-refractivity contribution in [2.45, 2.75) is 25.4 Å². The molecule has 1 unspecified atom stereocenters. The van der Waals surface area contributed by atoms with Crippen molar-refractivity contribution in [2.24, 2.45) is 0 Å². The van der Waals surface area contributed by atoms with E-state index >= 15 is 0 Å². The first kappa shape index (κ1) is 17.9. The maximum absolute atomic E-state index is 9.96. The monoisotopic (exact) mass is 380 g/mol. The fraction of sp³-hybridized carbons (Fsp3) is 0.286. The molecule has 6 heteroatoms. The number of benzene rings is 1. The van der Waals surface area contributed by atoms with Crippen molar-refractivity contribution in [3.05, 3.63) is 59.9 Å². The zero-order valence-electron chi connectivity index (χ0n) is 14.9. The summed E-state index contributed by atoms with van der Waals surface area (Å²) < 4.78 is 0. The van der Waals surface area contributed by atoms with Crippen LogP contribution in [0.25, 0.3) is 22.6 Å². The van der Waals surface area contributed by atoms with E-state index in [0.29, 0.717) is 10.8 Å². The van der Waals surface area contributed by atoms with E-state index in [0.717, 1.165) is 55.0 Å². The number of pyridine rings is 1. The molecular formula is C21H21ClN4O. The molecule has 3 aromatic rings. The number of nitrogens with zero attached hydrogens (tertiary/aromatic N) is 4. The highest BCUT2D eigenvalue weighted by atomic mass is 35.5. The summed E-state index contributed by atoms with van der Waals surface area (Å²) in [5.41, 5.74) is 2.72. The summed E-state index contributed by atoms with van der Waals surface area (Å²) in [4.78, 5) is 16.0. The number of aliphatic hydroxyl groups excluding tert-OH is 1. The average Bonchev–Trinajstić information content (AvgIpc) is 2.93. The second kappa shape index (κ2) is 8.03. The zero-order valence-corrected chi connectivity index (χ0v) is 15.7. The van der Waals surface area contributed by atoms with Gasteiger partial charge < -0.3 is 10.0 Å². The van der Waals surface area contributed by atoms with Gasteiger partial charge in [0.2, 0.25) is 0 Å². The van der Waals surface area contributed by atoms with Crippen molar-refractivity contribution in [3.8, 4) is 22.6 Å². The molecule has 0 amide bonds. The summed E-state index contributed by atoms with van der Waals surface area (Å²) in [6.45, 7) is 1.66. The Morgan fingerprint density at radius 1 is 1.00 bits per heavy atom. The van der Waals surface area contributed by atoms with Gasteiger partial charge in [-0.3, -0.25) is 4.98 Å². The summed E-state index contributed by atoms with van der Waals surface area (Å²) >= 11 is 6.04. The largest absolute Gasteiger partial charge is 0.393 e. The molecule has 27 heavy (non-hydrogen) atoms. The SMILES string of the molecule is OC1CCCN(c2cc(-c3ccc(Cl)cc3)nc(-c3cccnc3)n2)CC1. The van der Waals surface area contributed by atoms with Crippen LogP contribution >= 0.6 is 11.6 Å². The maximum atomic E-state index is 9.96. The van der Waals surface area contributed by atoms with Crippen LogP contribution in [0.1, 0.15) is 19.3 Å². The molecule has 0 spiro atoms. The number of aromatic nitrogens is 3. The highest BCUT2D eigenvalue weighted by molar-refractivity contribution is 6.30. The molecule has 1 aliphatic rings. The highest BCUT2D eigenvalue weighted by Gasteiger charge is 2.18. The first-order chi connectivity index (χ1) is 13.2. The summed E-state index contributed by atoms with van der Waals surface area (Å²) in [5, 5.41) is 10.7. The van der Waals surface area contributed by atoms with E-state index in [9.17, 15) is 5.11 Å². The van der Waals surface area contributed by atoms with Gasteiger partial charge in [-0.15, -0.1) is 0 Å². The fourth-order valence-electron chi connectivity index (χ4n) is 3.30. The number of aliphatic hydroxyl groups is 1. The molecule has 0 radical (unpaired) electrons. The normalized spacial score (nSPS) is 17.6. The second-order valence-corrected chi connectivity index (χ2v) is 7.19. The van der Waals surface area contributed by atoms with Crippen LogP contribution in [-0.4, -0.2) is 39.3 Å². The molecule has 1 saturated heterocycles. The van der Waals surface area contributed by atoms with Crippen LogP contribution in [0.3, 0.4) is 0 Å². The summed E-state index contributed by atoms with van der Waals surface area (Å²) in [6, 6.07) is 13.5. The minimum Gasteiger partial charge on any atom is -0.393 e. The van der Waals surface area contributed by atoms with Gasteiger partial charge in [-0.2, -0.15) is 0 Å². The lowest BCUT2D eigenvalue weighted by atomic mass is 10.1. The Bertz CT molecular complexity index is 902. The van der Waals surface area contributed by atoms with E-state index in [1.54, 1.807) is 12.4 Å². The number of halogens is 1. The molecule has 4 rings (SSSR count). The number of rotatable bonds is 3. The molecule has 1 N–H and O–H groups in total. The summed E-state index contributed by atoms with van der Waals surface area (Å²) in [7, 11) is 0. The van der Waals surface area contributed by atoms with Crippen molar-refractivity contribution in [1.82, 2.24) is 15.0 Å². The first-order valence-electron chi connectivity index (χ1n) is 9.17. The van der Waals surface area contributed by atoms with E-state index in [-0.39, 0.29) is 6.10 Å². The van der Waals surface area contributed by atoms with Crippen molar-refractivity contribution in [3.63, 3.8) is 0 Å². The van der Waals surface area contributed by atoms with Crippen LogP contribution in [-0.2, 0) is 0 Å². The van der Waals surface area contributed by atoms with Gasteiger partial charge >= 0.3 is 0 Å². The number of hydrogen-bond donors (Lipinski definition) is 1. The molecule has 138 valence electrons. The Labute approximate surface area is 163 Å². The third-order valence-electron chi connectivity index (χ3n) is 4.79. The van der Waals surface area contributed by atoms with Gasteiger partial charge in [0.25, 0.3) is 0 Å². The Morgan fingerprint density at radius 2 is 1.85 bits per heavy atom. The summed E-state index contributed by atoms with van der Waals surface area (Å²) in [6.07, 6.45) is 5.82. The third-order valence-corrected chi connectivity index (χ3v) is 5.05. The van der Waals surface area contributed by atoms with Crippen LogP contribution < -0.4 is 4.90 Å². The van der Waals surface area contributed by atoms with Crippen molar-refractivity contribution < 1.29 is 5.11 Å². The minimum absolute atomic E-state index is 0.231. The quantitative estimate of drug-likeness (QED) is 0.737. The highest BCUT2D eigenvalue weighted by Crippen LogP contribution is 2.28. The summed E-state index contributed by atoms with van der Waals surface area (Å²) in [5.74, 6) is 1.53. The van der Waals surface area contributed by atoms with Crippen molar-refractivity contribution >= 4 is 17.4 Å². The van der Waals surface area contributed by atoms with Crippen molar-refractivity contribution in [2.75, 3.05) is 18.0 Å². The predicted molar refractivity (Wildman–Crippen MR) is 108 cm³/mol. The Morgan fingerprint density at radius 3 is 2.63 bits per heavy atom. The van der Waals surface area contributed by atoms with Crippen molar-refractivity contribution in [1.29, 1.82) is 0 Å². The Kier molecular flexibility index (Phi) is 5.32. The number of hydrogen-bond acceptors (Lipinski definition) is 5. The lowest BCUT2D eigenvalue weighted by molar-refractivity contribution is 0.161. The molecule has 0 saturated carbocycles. The lowest BCUT2D eigenvalue weighted by Gasteiger charge is -2.22.